The van der Waals surface area contributed by atoms with Crippen LogP contribution in [0.2, 0.25) is 0 Å². The highest BCUT2D eigenvalue weighted by atomic mass is 16.2. The Morgan fingerprint density at radius 3 is 2.19 bits per heavy atom. The first-order valence-corrected chi connectivity index (χ1v) is 11.9. The van der Waals surface area contributed by atoms with E-state index in [1.54, 1.807) is 12.1 Å². The highest BCUT2D eigenvalue weighted by Crippen LogP contribution is 2.29. The summed E-state index contributed by atoms with van der Waals surface area (Å²) in [5.41, 5.74) is 1.64. The summed E-state index contributed by atoms with van der Waals surface area (Å²) in [5, 5.41) is 6.03. The summed E-state index contributed by atoms with van der Waals surface area (Å²) in [6.45, 7) is 7.29. The predicted molar refractivity (Wildman–Crippen MR) is 122 cm³/mol. The van der Waals surface area contributed by atoms with Gasteiger partial charge in [-0.05, 0) is 64.0 Å². The second-order valence-corrected chi connectivity index (χ2v) is 9.28. The van der Waals surface area contributed by atoms with Crippen molar-refractivity contribution in [3.05, 3.63) is 35.4 Å². The fraction of sp³-hybridized carbons (Fsp3) is 0.640. The summed E-state index contributed by atoms with van der Waals surface area (Å²) in [6, 6.07) is 6.84. The van der Waals surface area contributed by atoms with Gasteiger partial charge in [0.15, 0.2) is 0 Å². The standard InChI is InChI=1S/C25H37N3O3/c1-4-18(3)26-24(30)22(27-23(29)20-11-9-17(2)10-12-20)19-13-15-28(16-14-19)25(31)21-7-5-6-8-21/h9-12,18-19,21-22H,4-8,13-16H2,1-3H3,(H,26,30)(H,27,29)/t18-,22-/m1/s1. The smallest absolute Gasteiger partial charge is 0.251 e. The highest BCUT2D eigenvalue weighted by Gasteiger charge is 2.36. The van der Waals surface area contributed by atoms with E-state index in [-0.39, 0.29) is 35.6 Å². The molecule has 1 saturated heterocycles. The van der Waals surface area contributed by atoms with Crippen molar-refractivity contribution in [1.82, 2.24) is 15.5 Å². The van der Waals surface area contributed by atoms with Crippen LogP contribution in [0.5, 0.6) is 0 Å². The predicted octanol–water partition coefficient (Wildman–Crippen LogP) is 3.44. The Labute approximate surface area is 186 Å². The number of carbonyl (C=O) groups is 3. The number of benzene rings is 1. The van der Waals surface area contributed by atoms with Crippen LogP contribution in [0, 0.1) is 18.8 Å². The minimum atomic E-state index is -0.591. The molecule has 3 amide bonds. The molecule has 1 aromatic carbocycles. The number of piperidine rings is 1. The van der Waals surface area contributed by atoms with Gasteiger partial charge >= 0.3 is 0 Å². The van der Waals surface area contributed by atoms with Gasteiger partial charge in [-0.1, -0.05) is 37.5 Å². The summed E-state index contributed by atoms with van der Waals surface area (Å²) >= 11 is 0. The van der Waals surface area contributed by atoms with Gasteiger partial charge < -0.3 is 15.5 Å². The van der Waals surface area contributed by atoms with E-state index in [1.807, 2.05) is 37.8 Å². The molecule has 6 heteroatoms. The van der Waals surface area contributed by atoms with E-state index in [9.17, 15) is 14.4 Å². The van der Waals surface area contributed by atoms with Gasteiger partial charge in [0.25, 0.3) is 5.91 Å². The molecule has 0 radical (unpaired) electrons. The lowest BCUT2D eigenvalue weighted by Crippen LogP contribution is -2.55. The Hall–Kier alpha value is -2.37. The molecule has 2 fully saturated rings. The average molecular weight is 428 g/mol. The molecule has 6 nitrogen and oxygen atoms in total. The maximum atomic E-state index is 13.1. The van der Waals surface area contributed by atoms with E-state index in [2.05, 4.69) is 10.6 Å². The molecule has 0 bridgehead atoms. The van der Waals surface area contributed by atoms with Crippen molar-refractivity contribution in [3.8, 4) is 0 Å². The zero-order chi connectivity index (χ0) is 22.4. The van der Waals surface area contributed by atoms with Crippen molar-refractivity contribution in [2.24, 2.45) is 11.8 Å². The first kappa shape index (κ1) is 23.3. The molecule has 2 aliphatic rings. The number of nitrogens with zero attached hydrogens (tertiary/aromatic N) is 1. The number of carbonyl (C=O) groups excluding carboxylic acids is 3. The summed E-state index contributed by atoms with van der Waals surface area (Å²) in [6.07, 6.45) is 6.59. The number of rotatable bonds is 7. The van der Waals surface area contributed by atoms with E-state index in [1.165, 1.54) is 0 Å². The summed E-state index contributed by atoms with van der Waals surface area (Å²) in [7, 11) is 0. The highest BCUT2D eigenvalue weighted by molar-refractivity contribution is 5.97. The fourth-order valence-electron chi connectivity index (χ4n) is 4.65. The summed E-state index contributed by atoms with van der Waals surface area (Å²) in [5.74, 6) is 0.123. The lowest BCUT2D eigenvalue weighted by atomic mass is 9.87. The van der Waals surface area contributed by atoms with E-state index in [0.29, 0.717) is 18.7 Å². The third-order valence-electron chi connectivity index (χ3n) is 6.91. The molecule has 1 saturated carbocycles. The van der Waals surface area contributed by atoms with Crippen molar-refractivity contribution in [2.45, 2.75) is 77.8 Å². The van der Waals surface area contributed by atoms with Crippen molar-refractivity contribution in [3.63, 3.8) is 0 Å². The molecule has 1 aromatic rings. The average Bonchev–Trinajstić information content (AvgIpc) is 3.32. The molecule has 3 rings (SSSR count). The van der Waals surface area contributed by atoms with Crippen LogP contribution in [0.1, 0.15) is 74.7 Å². The van der Waals surface area contributed by atoms with E-state index >= 15 is 0 Å². The molecular formula is C25H37N3O3. The molecule has 1 heterocycles. The van der Waals surface area contributed by atoms with E-state index in [0.717, 1.165) is 50.5 Å². The minimum absolute atomic E-state index is 0.0195. The van der Waals surface area contributed by atoms with Gasteiger partial charge in [-0.3, -0.25) is 14.4 Å². The molecule has 2 atom stereocenters. The van der Waals surface area contributed by atoms with E-state index < -0.39 is 6.04 Å². The SMILES string of the molecule is CC[C@@H](C)NC(=O)[C@H](NC(=O)c1ccc(C)cc1)C1CCN(C(=O)C2CCCC2)CC1. The minimum Gasteiger partial charge on any atom is -0.352 e. The molecule has 31 heavy (non-hydrogen) atoms. The molecule has 170 valence electrons. The van der Waals surface area contributed by atoms with Crippen LogP contribution in [-0.4, -0.2) is 47.8 Å². The second-order valence-electron chi connectivity index (χ2n) is 9.28. The molecule has 1 aliphatic carbocycles. The molecule has 2 N–H and O–H groups in total. The number of hydrogen-bond acceptors (Lipinski definition) is 3. The van der Waals surface area contributed by atoms with Gasteiger partial charge in [0.05, 0.1) is 0 Å². The lowest BCUT2D eigenvalue weighted by Gasteiger charge is -2.37. The molecule has 0 aromatic heterocycles. The largest absolute Gasteiger partial charge is 0.352 e. The maximum absolute atomic E-state index is 13.1. The topological polar surface area (TPSA) is 78.5 Å². The zero-order valence-electron chi connectivity index (χ0n) is 19.2. The summed E-state index contributed by atoms with van der Waals surface area (Å²) in [4.78, 5) is 40.6. The molecule has 0 spiro atoms. The number of nitrogens with one attached hydrogen (secondary N) is 2. The number of amides is 3. The number of aryl methyl sites for hydroxylation is 1. The van der Waals surface area contributed by atoms with Crippen LogP contribution < -0.4 is 10.6 Å². The van der Waals surface area contributed by atoms with Gasteiger partial charge in [-0.2, -0.15) is 0 Å². The Bertz CT molecular complexity index is 763. The van der Waals surface area contributed by atoms with Crippen LogP contribution >= 0.6 is 0 Å². The Balaban J connectivity index is 1.66. The van der Waals surface area contributed by atoms with Crippen molar-refractivity contribution >= 4 is 17.7 Å². The Morgan fingerprint density at radius 2 is 1.61 bits per heavy atom. The van der Waals surface area contributed by atoms with Crippen LogP contribution in [-0.2, 0) is 9.59 Å². The first-order chi connectivity index (χ1) is 14.9. The maximum Gasteiger partial charge on any atom is 0.251 e. The van der Waals surface area contributed by atoms with Crippen LogP contribution in [0.4, 0.5) is 0 Å². The third-order valence-corrected chi connectivity index (χ3v) is 6.91. The molecule has 1 aliphatic heterocycles. The quantitative estimate of drug-likeness (QED) is 0.700. The van der Waals surface area contributed by atoms with Crippen LogP contribution in [0.25, 0.3) is 0 Å². The third kappa shape index (κ3) is 6.08. The Kier molecular flexibility index (Phi) is 8.10. The normalized spacial score (nSPS) is 19.6. The van der Waals surface area contributed by atoms with Gasteiger partial charge in [-0.25, -0.2) is 0 Å². The number of likely N-dealkylation sites (tertiary alicyclic amines) is 1. The first-order valence-electron chi connectivity index (χ1n) is 11.9. The van der Waals surface area contributed by atoms with Gasteiger partial charge in [0, 0.05) is 30.6 Å². The molecular weight excluding hydrogens is 390 g/mol. The lowest BCUT2D eigenvalue weighted by molar-refractivity contribution is -0.137. The van der Waals surface area contributed by atoms with Gasteiger partial charge in [-0.15, -0.1) is 0 Å². The van der Waals surface area contributed by atoms with Gasteiger partial charge in [0.2, 0.25) is 11.8 Å². The second kappa shape index (κ2) is 10.8. The van der Waals surface area contributed by atoms with Crippen LogP contribution in [0.3, 0.4) is 0 Å². The van der Waals surface area contributed by atoms with Gasteiger partial charge in [0.1, 0.15) is 6.04 Å². The van der Waals surface area contributed by atoms with Crippen molar-refractivity contribution in [1.29, 1.82) is 0 Å². The zero-order valence-corrected chi connectivity index (χ0v) is 19.2. The molecule has 0 unspecified atom stereocenters. The van der Waals surface area contributed by atoms with Crippen LogP contribution in [0.15, 0.2) is 24.3 Å². The fourth-order valence-corrected chi connectivity index (χ4v) is 4.65. The Morgan fingerprint density at radius 1 is 1.00 bits per heavy atom. The van der Waals surface area contributed by atoms with E-state index in [4.69, 9.17) is 0 Å². The monoisotopic (exact) mass is 427 g/mol. The van der Waals surface area contributed by atoms with Crippen molar-refractivity contribution < 1.29 is 14.4 Å². The summed E-state index contributed by atoms with van der Waals surface area (Å²) < 4.78 is 0. The van der Waals surface area contributed by atoms with Crippen molar-refractivity contribution in [2.75, 3.05) is 13.1 Å². The number of hydrogen-bond donors (Lipinski definition) is 2.